The molecule has 0 unspecified atom stereocenters. The maximum absolute atomic E-state index is 2.69. The lowest BCUT2D eigenvalue weighted by Crippen LogP contribution is -3.00. The Kier molecular flexibility index (Phi) is 9.20. The van der Waals surface area contributed by atoms with Gasteiger partial charge in [0.1, 0.15) is 23.5 Å². The van der Waals surface area contributed by atoms with Gasteiger partial charge < -0.3 is 12.4 Å². The second-order valence-corrected chi connectivity index (χ2v) is 12.6. The number of nitrogens with zero attached hydrogens (tertiary/aromatic N) is 2. The first-order valence-corrected chi connectivity index (χ1v) is 14.2. The van der Waals surface area contributed by atoms with Crippen molar-refractivity contribution >= 4 is 17.2 Å². The molecule has 0 spiro atoms. The number of anilines is 1. The van der Waals surface area contributed by atoms with Crippen molar-refractivity contribution in [3.63, 3.8) is 0 Å². The predicted molar refractivity (Wildman–Crippen MR) is 161 cm³/mol. The summed E-state index contributed by atoms with van der Waals surface area (Å²) < 4.78 is 2.65. The van der Waals surface area contributed by atoms with Crippen molar-refractivity contribution in [1.82, 2.24) is 0 Å². The number of rotatable bonds is 7. The van der Waals surface area contributed by atoms with Crippen molar-refractivity contribution in [3.8, 4) is 0 Å². The summed E-state index contributed by atoms with van der Waals surface area (Å²) in [6.07, 6.45) is 0. The van der Waals surface area contributed by atoms with Crippen LogP contribution in [0.2, 0.25) is 0 Å². The van der Waals surface area contributed by atoms with E-state index in [4.69, 9.17) is 0 Å². The molecule has 1 aliphatic heterocycles. The first-order chi connectivity index (χ1) is 17.5. The zero-order valence-corrected chi connectivity index (χ0v) is 25.9. The first kappa shape index (κ1) is 30.0. The number of benzene rings is 3. The number of amidine groups is 1. The van der Waals surface area contributed by atoms with Gasteiger partial charge in [0.05, 0.1) is 5.56 Å². The minimum absolute atomic E-state index is 0. The Morgan fingerprint density at radius 1 is 0.605 bits per heavy atom. The van der Waals surface area contributed by atoms with Crippen LogP contribution in [0.25, 0.3) is 0 Å². The van der Waals surface area contributed by atoms with E-state index in [1.165, 1.54) is 45.0 Å². The average molecular weight is 531 g/mol. The maximum Gasteiger partial charge on any atom is 0.290 e. The van der Waals surface area contributed by atoms with E-state index in [1.54, 1.807) is 0 Å². The van der Waals surface area contributed by atoms with E-state index in [0.717, 1.165) is 6.54 Å². The molecule has 204 valence electrons. The van der Waals surface area contributed by atoms with E-state index in [1.807, 2.05) is 0 Å². The Labute approximate surface area is 238 Å². The Morgan fingerprint density at radius 3 is 1.45 bits per heavy atom. The summed E-state index contributed by atoms with van der Waals surface area (Å²) in [5, 5.41) is 0. The van der Waals surface area contributed by atoms with Crippen LogP contribution in [0, 0.1) is 0 Å². The van der Waals surface area contributed by atoms with Crippen LogP contribution in [0.5, 0.6) is 0 Å². The number of hydrogen-bond acceptors (Lipinski definition) is 1. The smallest absolute Gasteiger partial charge is 0.290 e. The van der Waals surface area contributed by atoms with E-state index < -0.39 is 0 Å². The molecule has 3 heteroatoms. The summed E-state index contributed by atoms with van der Waals surface area (Å²) in [6, 6.07) is 24.9. The number of hydrogen-bond donors (Lipinski definition) is 0. The fourth-order valence-corrected chi connectivity index (χ4v) is 6.00. The molecule has 0 saturated carbocycles. The summed E-state index contributed by atoms with van der Waals surface area (Å²) in [5.74, 6) is 3.05. The molecule has 0 N–H and O–H groups in total. The Hall–Kier alpha value is -2.58. The highest BCUT2D eigenvalue weighted by molar-refractivity contribution is 6.10. The topological polar surface area (TPSA) is 6.25 Å². The first-order valence-electron chi connectivity index (χ1n) is 14.2. The molecule has 0 atom stereocenters. The highest BCUT2D eigenvalue weighted by Crippen LogP contribution is 2.45. The molecular weight excluding hydrogens is 484 g/mol. The van der Waals surface area contributed by atoms with Gasteiger partial charge in [-0.05, 0) is 49.7 Å². The van der Waals surface area contributed by atoms with Gasteiger partial charge >= 0.3 is 0 Å². The molecule has 3 aromatic rings. The van der Waals surface area contributed by atoms with Crippen LogP contribution >= 0.6 is 0 Å². The average Bonchev–Trinajstić information content (AvgIpc) is 3.13. The molecule has 0 fully saturated rings. The van der Waals surface area contributed by atoms with E-state index in [2.05, 4.69) is 145 Å². The minimum Gasteiger partial charge on any atom is -1.00 e. The van der Waals surface area contributed by atoms with E-state index in [-0.39, 0.29) is 17.9 Å². The third-order valence-corrected chi connectivity index (χ3v) is 7.83. The van der Waals surface area contributed by atoms with Crippen LogP contribution in [0.4, 0.5) is 11.4 Å². The lowest BCUT2D eigenvalue weighted by Gasteiger charge is -2.31. The fourth-order valence-electron chi connectivity index (χ4n) is 6.00. The summed E-state index contributed by atoms with van der Waals surface area (Å²) in [6.45, 7) is 24.4. The largest absolute Gasteiger partial charge is 1.00 e. The number of halogens is 1. The van der Waals surface area contributed by atoms with Crippen LogP contribution < -0.4 is 17.3 Å². The maximum atomic E-state index is 2.69. The molecule has 0 radical (unpaired) electrons. The number of para-hydroxylation sites is 2. The Balaban J connectivity index is 0.00000400. The van der Waals surface area contributed by atoms with Crippen LogP contribution in [0.3, 0.4) is 0 Å². The molecule has 3 aromatic carbocycles. The molecule has 1 heterocycles. The summed E-state index contributed by atoms with van der Waals surface area (Å²) in [5.41, 5.74) is 9.68. The molecule has 4 rings (SSSR count). The van der Waals surface area contributed by atoms with Crippen molar-refractivity contribution in [3.05, 3.63) is 94.5 Å². The van der Waals surface area contributed by atoms with E-state index in [9.17, 15) is 0 Å². The SMILES string of the molecule is CC(C)c1cccc(C(C)C)c1N1C(c2ccccc2)=[N+](c2c(C(C)C)cccc2C(C)C)CC1(C)C.[Cl-]. The van der Waals surface area contributed by atoms with Gasteiger partial charge in [-0.2, -0.15) is 0 Å². The molecule has 0 aliphatic carbocycles. The van der Waals surface area contributed by atoms with Crippen molar-refractivity contribution in [2.24, 2.45) is 0 Å². The van der Waals surface area contributed by atoms with Gasteiger partial charge in [-0.15, -0.1) is 0 Å². The highest BCUT2D eigenvalue weighted by Gasteiger charge is 2.51. The van der Waals surface area contributed by atoms with Gasteiger partial charge in [-0.3, -0.25) is 0 Å². The zero-order valence-electron chi connectivity index (χ0n) is 25.1. The van der Waals surface area contributed by atoms with E-state index in [0.29, 0.717) is 23.7 Å². The second kappa shape index (κ2) is 11.7. The normalized spacial score (nSPS) is 15.3. The monoisotopic (exact) mass is 530 g/mol. The fraction of sp³-hybridized carbons (Fsp3) is 0.457. The Morgan fingerprint density at radius 2 is 1.03 bits per heavy atom. The van der Waals surface area contributed by atoms with Crippen LogP contribution in [-0.2, 0) is 0 Å². The standard InChI is InChI=1S/C35H47N2.ClH/c1-23(2)28-18-14-19-29(24(3)4)32(28)36-22-35(9,10)37(34(36)27-16-12-11-13-17-27)33-30(25(5)6)20-15-21-31(33)26(7)8;/h11-21,23-26H,22H2,1-10H3;1H/q+1;/p-1. The van der Waals surface area contributed by atoms with Gasteiger partial charge in [0, 0.05) is 22.3 Å². The zero-order chi connectivity index (χ0) is 27.1. The molecule has 2 nitrogen and oxygen atoms in total. The lowest BCUT2D eigenvalue weighted by atomic mass is 9.89. The summed E-state index contributed by atoms with van der Waals surface area (Å²) in [4.78, 5) is 2.69. The molecule has 1 aliphatic rings. The highest BCUT2D eigenvalue weighted by atomic mass is 35.5. The van der Waals surface area contributed by atoms with Gasteiger partial charge in [-0.1, -0.05) is 110 Å². The van der Waals surface area contributed by atoms with Crippen molar-refractivity contribution in [2.45, 2.75) is 98.4 Å². The third kappa shape index (κ3) is 5.43. The molecular formula is C35H47ClN2. The predicted octanol–water partition coefficient (Wildman–Crippen LogP) is 6.57. The van der Waals surface area contributed by atoms with Crippen molar-refractivity contribution in [1.29, 1.82) is 0 Å². The molecule has 0 saturated heterocycles. The molecule has 0 bridgehead atoms. The Bertz CT molecular complexity index is 1230. The van der Waals surface area contributed by atoms with Gasteiger partial charge in [0.15, 0.2) is 0 Å². The molecule has 38 heavy (non-hydrogen) atoms. The van der Waals surface area contributed by atoms with E-state index >= 15 is 0 Å². The third-order valence-electron chi connectivity index (χ3n) is 7.83. The van der Waals surface area contributed by atoms with Crippen LogP contribution in [0.15, 0.2) is 66.7 Å². The van der Waals surface area contributed by atoms with Gasteiger partial charge in [-0.25, -0.2) is 9.48 Å². The van der Waals surface area contributed by atoms with Crippen LogP contribution in [-0.4, -0.2) is 22.5 Å². The second-order valence-electron chi connectivity index (χ2n) is 12.6. The van der Waals surface area contributed by atoms with Gasteiger partial charge in [0.2, 0.25) is 0 Å². The van der Waals surface area contributed by atoms with Crippen LogP contribution in [0.1, 0.15) is 121 Å². The lowest BCUT2D eigenvalue weighted by molar-refractivity contribution is -0.438. The van der Waals surface area contributed by atoms with Crippen molar-refractivity contribution < 1.29 is 17.0 Å². The molecule has 0 amide bonds. The van der Waals surface area contributed by atoms with Crippen molar-refractivity contribution in [2.75, 3.05) is 11.4 Å². The molecule has 0 aromatic heterocycles. The summed E-state index contributed by atoms with van der Waals surface area (Å²) in [7, 11) is 0. The quantitative estimate of drug-likeness (QED) is 0.313. The van der Waals surface area contributed by atoms with Gasteiger partial charge in [0.25, 0.3) is 5.84 Å². The summed E-state index contributed by atoms with van der Waals surface area (Å²) >= 11 is 0. The minimum atomic E-state index is -0.0991.